The number of hydrogen-bond donors (Lipinski definition) is 0. The second kappa shape index (κ2) is 9.58. The fourth-order valence-corrected chi connectivity index (χ4v) is 4.20. The molecule has 0 N–H and O–H groups in total. The van der Waals surface area contributed by atoms with Crippen LogP contribution < -0.4 is 4.74 Å². The quantitative estimate of drug-likeness (QED) is 0.274. The third-order valence-electron chi connectivity index (χ3n) is 5.88. The van der Waals surface area contributed by atoms with E-state index < -0.39 is 0 Å². The van der Waals surface area contributed by atoms with E-state index in [1.165, 1.54) is 5.56 Å². The van der Waals surface area contributed by atoms with Crippen LogP contribution in [0, 0.1) is 0 Å². The average Bonchev–Trinajstić information content (AvgIpc) is 3.28. The molecular formula is C30H26N2O. The van der Waals surface area contributed by atoms with Crippen LogP contribution >= 0.6 is 0 Å². The Morgan fingerprint density at radius 3 is 1.82 bits per heavy atom. The zero-order valence-corrected chi connectivity index (χ0v) is 18.7. The van der Waals surface area contributed by atoms with Crippen LogP contribution in [0.25, 0.3) is 33.9 Å². The van der Waals surface area contributed by atoms with Crippen LogP contribution in [-0.4, -0.2) is 16.7 Å². The van der Waals surface area contributed by atoms with Crippen molar-refractivity contribution in [1.82, 2.24) is 9.55 Å². The van der Waals surface area contributed by atoms with Gasteiger partial charge in [0.05, 0.1) is 18.5 Å². The molecule has 0 fully saturated rings. The molecule has 0 aliphatic carbocycles. The molecule has 0 aliphatic heterocycles. The van der Waals surface area contributed by atoms with Gasteiger partial charge in [0.1, 0.15) is 11.6 Å². The van der Waals surface area contributed by atoms with Crippen LogP contribution in [0.1, 0.15) is 5.56 Å². The second-order valence-corrected chi connectivity index (χ2v) is 7.98. The monoisotopic (exact) mass is 430 g/mol. The standard InChI is InChI=1S/C30H26N2O/c1-33-27-19-17-26(18-20-27)30-31-28(24-13-7-3-8-14-24)29(25-15-9-4-10-16-25)32(30)22-21-23-11-5-2-6-12-23/h2-20H,21-22H2,1H3. The molecule has 5 aromatic rings. The van der Waals surface area contributed by atoms with Gasteiger partial charge in [-0.15, -0.1) is 0 Å². The second-order valence-electron chi connectivity index (χ2n) is 7.98. The zero-order valence-electron chi connectivity index (χ0n) is 18.7. The van der Waals surface area contributed by atoms with Gasteiger partial charge in [0.25, 0.3) is 0 Å². The number of benzene rings is 4. The third-order valence-corrected chi connectivity index (χ3v) is 5.88. The van der Waals surface area contributed by atoms with E-state index in [-0.39, 0.29) is 0 Å². The lowest BCUT2D eigenvalue weighted by Crippen LogP contribution is -2.06. The van der Waals surface area contributed by atoms with Gasteiger partial charge in [0.15, 0.2) is 0 Å². The molecule has 1 aromatic heterocycles. The van der Waals surface area contributed by atoms with Crippen molar-refractivity contribution in [3.8, 4) is 39.7 Å². The van der Waals surface area contributed by atoms with Crippen LogP contribution in [0.2, 0.25) is 0 Å². The van der Waals surface area contributed by atoms with Crippen LogP contribution in [0.5, 0.6) is 5.75 Å². The Morgan fingerprint density at radius 1 is 0.636 bits per heavy atom. The Balaban J connectivity index is 1.70. The summed E-state index contributed by atoms with van der Waals surface area (Å²) in [5.74, 6) is 1.80. The first-order valence-corrected chi connectivity index (χ1v) is 11.2. The fourth-order valence-electron chi connectivity index (χ4n) is 4.20. The molecule has 0 saturated heterocycles. The minimum absolute atomic E-state index is 0.829. The molecule has 0 spiro atoms. The van der Waals surface area contributed by atoms with Crippen molar-refractivity contribution in [3.05, 3.63) is 121 Å². The van der Waals surface area contributed by atoms with Gasteiger partial charge in [-0.3, -0.25) is 0 Å². The van der Waals surface area contributed by atoms with Gasteiger partial charge in [-0.2, -0.15) is 0 Å². The number of aryl methyl sites for hydroxylation is 1. The molecule has 0 bridgehead atoms. The normalized spacial score (nSPS) is 10.8. The molecule has 3 heteroatoms. The Bertz CT molecular complexity index is 1310. The molecule has 0 amide bonds. The molecule has 0 aliphatic rings. The first-order chi connectivity index (χ1) is 16.3. The van der Waals surface area contributed by atoms with E-state index in [0.29, 0.717) is 0 Å². The van der Waals surface area contributed by atoms with Crippen molar-refractivity contribution in [3.63, 3.8) is 0 Å². The predicted molar refractivity (Wildman–Crippen MR) is 135 cm³/mol. The Hall–Kier alpha value is -4.11. The van der Waals surface area contributed by atoms with Crippen LogP contribution in [-0.2, 0) is 13.0 Å². The highest BCUT2D eigenvalue weighted by Crippen LogP contribution is 2.36. The van der Waals surface area contributed by atoms with E-state index in [2.05, 4.69) is 102 Å². The van der Waals surface area contributed by atoms with Crippen LogP contribution in [0.4, 0.5) is 0 Å². The molecule has 33 heavy (non-hydrogen) atoms. The van der Waals surface area contributed by atoms with Gasteiger partial charge in [-0.25, -0.2) is 4.98 Å². The smallest absolute Gasteiger partial charge is 0.141 e. The Kier molecular flexibility index (Phi) is 6.03. The molecule has 5 rings (SSSR count). The van der Waals surface area contributed by atoms with Crippen molar-refractivity contribution >= 4 is 0 Å². The molecular weight excluding hydrogens is 404 g/mol. The topological polar surface area (TPSA) is 27.1 Å². The SMILES string of the molecule is COc1ccc(-c2nc(-c3ccccc3)c(-c3ccccc3)n2CCc2ccccc2)cc1. The minimum atomic E-state index is 0.829. The van der Waals surface area contributed by atoms with Gasteiger partial charge in [-0.1, -0.05) is 91.0 Å². The first-order valence-electron chi connectivity index (χ1n) is 11.2. The summed E-state index contributed by atoms with van der Waals surface area (Å²) in [5.41, 5.74) is 6.81. The van der Waals surface area contributed by atoms with E-state index in [1.54, 1.807) is 7.11 Å². The molecule has 4 aromatic carbocycles. The molecule has 3 nitrogen and oxygen atoms in total. The minimum Gasteiger partial charge on any atom is -0.497 e. The van der Waals surface area contributed by atoms with Gasteiger partial charge < -0.3 is 9.30 Å². The molecule has 1 heterocycles. The lowest BCUT2D eigenvalue weighted by Gasteiger charge is -2.14. The summed E-state index contributed by atoms with van der Waals surface area (Å²) < 4.78 is 7.75. The first kappa shape index (κ1) is 20.8. The number of nitrogens with zero attached hydrogens (tertiary/aromatic N) is 2. The predicted octanol–water partition coefficient (Wildman–Crippen LogP) is 7.14. The van der Waals surface area contributed by atoms with E-state index in [0.717, 1.165) is 52.6 Å². The van der Waals surface area contributed by atoms with E-state index in [9.17, 15) is 0 Å². The maximum absolute atomic E-state index is 5.38. The lowest BCUT2D eigenvalue weighted by molar-refractivity contribution is 0.415. The van der Waals surface area contributed by atoms with Gasteiger partial charge in [0, 0.05) is 23.2 Å². The largest absolute Gasteiger partial charge is 0.497 e. The van der Waals surface area contributed by atoms with E-state index in [1.807, 2.05) is 18.2 Å². The summed E-state index contributed by atoms with van der Waals surface area (Å²) in [7, 11) is 1.69. The lowest BCUT2D eigenvalue weighted by atomic mass is 10.0. The van der Waals surface area contributed by atoms with Gasteiger partial charge in [-0.05, 0) is 36.2 Å². The van der Waals surface area contributed by atoms with E-state index >= 15 is 0 Å². The summed E-state index contributed by atoms with van der Waals surface area (Å²) in [6, 6.07) is 39.8. The van der Waals surface area contributed by atoms with Gasteiger partial charge in [0.2, 0.25) is 0 Å². The molecule has 0 unspecified atom stereocenters. The Labute approximate surface area is 195 Å². The molecule has 0 radical (unpaired) electrons. The van der Waals surface area contributed by atoms with Crippen molar-refractivity contribution in [1.29, 1.82) is 0 Å². The number of hydrogen-bond acceptors (Lipinski definition) is 2. The summed E-state index contributed by atoms with van der Waals surface area (Å²) in [5, 5.41) is 0. The summed E-state index contributed by atoms with van der Waals surface area (Å²) >= 11 is 0. The summed E-state index contributed by atoms with van der Waals surface area (Å²) in [6.07, 6.45) is 0.925. The number of aromatic nitrogens is 2. The maximum atomic E-state index is 5.38. The van der Waals surface area contributed by atoms with E-state index in [4.69, 9.17) is 9.72 Å². The third kappa shape index (κ3) is 4.44. The zero-order chi connectivity index (χ0) is 22.5. The highest BCUT2D eigenvalue weighted by atomic mass is 16.5. The number of ether oxygens (including phenoxy) is 1. The fraction of sp³-hybridized carbons (Fsp3) is 0.100. The molecule has 0 saturated carbocycles. The highest BCUT2D eigenvalue weighted by molar-refractivity contribution is 5.82. The number of methoxy groups -OCH3 is 1. The molecule has 0 atom stereocenters. The van der Waals surface area contributed by atoms with Crippen molar-refractivity contribution < 1.29 is 4.74 Å². The van der Waals surface area contributed by atoms with Gasteiger partial charge >= 0.3 is 0 Å². The molecule has 162 valence electrons. The van der Waals surface area contributed by atoms with Crippen molar-refractivity contribution in [2.24, 2.45) is 0 Å². The maximum Gasteiger partial charge on any atom is 0.141 e. The number of rotatable bonds is 7. The highest BCUT2D eigenvalue weighted by Gasteiger charge is 2.21. The van der Waals surface area contributed by atoms with Crippen LogP contribution in [0.15, 0.2) is 115 Å². The summed E-state index contributed by atoms with van der Waals surface area (Å²) in [6.45, 7) is 0.829. The van der Waals surface area contributed by atoms with Crippen molar-refractivity contribution in [2.45, 2.75) is 13.0 Å². The van der Waals surface area contributed by atoms with Crippen molar-refractivity contribution in [2.75, 3.05) is 7.11 Å². The average molecular weight is 431 g/mol. The Morgan fingerprint density at radius 2 is 1.21 bits per heavy atom. The number of imidazole rings is 1. The van der Waals surface area contributed by atoms with Crippen LogP contribution in [0.3, 0.4) is 0 Å². The summed E-state index contributed by atoms with van der Waals surface area (Å²) in [4.78, 5) is 5.22.